The Labute approximate surface area is 91.9 Å². The van der Waals surface area contributed by atoms with Gasteiger partial charge in [0, 0.05) is 12.5 Å². The number of halogens is 2. The van der Waals surface area contributed by atoms with Crippen LogP contribution in [-0.2, 0) is 11.2 Å². The lowest BCUT2D eigenvalue weighted by Crippen LogP contribution is -2.24. The molecule has 1 atom stereocenters. The zero-order chi connectivity index (χ0) is 12.1. The third kappa shape index (κ3) is 3.58. The van der Waals surface area contributed by atoms with Crippen molar-refractivity contribution in [2.75, 3.05) is 0 Å². The minimum Gasteiger partial charge on any atom is -0.481 e. The fourth-order valence-corrected chi connectivity index (χ4v) is 1.40. The van der Waals surface area contributed by atoms with Crippen molar-refractivity contribution in [3.05, 3.63) is 35.4 Å². The first kappa shape index (κ1) is 12.6. The molecular formula is C11H13F2NO2. The number of benzene rings is 1. The second kappa shape index (κ2) is 5.55. The lowest BCUT2D eigenvalue weighted by Gasteiger charge is -2.10. The Morgan fingerprint density at radius 3 is 2.75 bits per heavy atom. The van der Waals surface area contributed by atoms with Gasteiger partial charge in [0.15, 0.2) is 11.6 Å². The summed E-state index contributed by atoms with van der Waals surface area (Å²) in [6.45, 7) is 0. The first-order valence-corrected chi connectivity index (χ1v) is 4.91. The minimum atomic E-state index is -0.949. The van der Waals surface area contributed by atoms with Crippen LogP contribution in [0.4, 0.5) is 8.78 Å². The van der Waals surface area contributed by atoms with E-state index < -0.39 is 23.6 Å². The number of carboxylic acid groups (broad SMARTS) is 1. The van der Waals surface area contributed by atoms with Crippen LogP contribution in [0.15, 0.2) is 18.2 Å². The molecule has 0 saturated carbocycles. The van der Waals surface area contributed by atoms with Gasteiger partial charge in [-0.25, -0.2) is 8.78 Å². The summed E-state index contributed by atoms with van der Waals surface area (Å²) in [5.74, 6) is -2.77. The summed E-state index contributed by atoms with van der Waals surface area (Å²) in [6, 6.07) is 3.39. The van der Waals surface area contributed by atoms with E-state index in [1.807, 2.05) is 0 Å². The zero-order valence-electron chi connectivity index (χ0n) is 8.62. The van der Waals surface area contributed by atoms with Gasteiger partial charge >= 0.3 is 5.97 Å². The Morgan fingerprint density at radius 2 is 2.12 bits per heavy atom. The Bertz CT molecular complexity index is 382. The molecule has 3 nitrogen and oxygen atoms in total. The highest BCUT2D eigenvalue weighted by atomic mass is 19.2. The Balaban J connectivity index is 2.59. The molecule has 3 N–H and O–H groups in total. The predicted molar refractivity (Wildman–Crippen MR) is 54.9 cm³/mol. The van der Waals surface area contributed by atoms with E-state index in [4.69, 9.17) is 10.8 Å². The molecule has 88 valence electrons. The molecule has 0 spiro atoms. The van der Waals surface area contributed by atoms with Gasteiger partial charge in [0.25, 0.3) is 0 Å². The van der Waals surface area contributed by atoms with Gasteiger partial charge in [0.05, 0.1) is 0 Å². The van der Waals surface area contributed by atoms with E-state index >= 15 is 0 Å². The van der Waals surface area contributed by atoms with Gasteiger partial charge in [-0.3, -0.25) is 4.79 Å². The summed E-state index contributed by atoms with van der Waals surface area (Å²) in [6.07, 6.45) is 0.306. The van der Waals surface area contributed by atoms with Crippen LogP contribution in [0.1, 0.15) is 18.4 Å². The van der Waals surface area contributed by atoms with E-state index in [0.717, 1.165) is 6.07 Å². The summed E-state index contributed by atoms with van der Waals surface area (Å²) in [5, 5.41) is 8.44. The van der Waals surface area contributed by atoms with Crippen molar-refractivity contribution in [1.82, 2.24) is 0 Å². The van der Waals surface area contributed by atoms with Gasteiger partial charge in [-0.2, -0.15) is 0 Å². The van der Waals surface area contributed by atoms with Crippen molar-refractivity contribution in [3.8, 4) is 0 Å². The number of hydrogen-bond acceptors (Lipinski definition) is 2. The number of carbonyl (C=O) groups is 1. The molecule has 0 radical (unpaired) electrons. The molecule has 1 rings (SSSR count). The quantitative estimate of drug-likeness (QED) is 0.807. The van der Waals surface area contributed by atoms with Crippen molar-refractivity contribution < 1.29 is 18.7 Å². The van der Waals surface area contributed by atoms with Crippen LogP contribution in [0.2, 0.25) is 0 Å². The number of rotatable bonds is 5. The standard InChI is InChI=1S/C11H13F2NO2/c12-9-3-1-2-7(11(9)13)6-8(14)4-5-10(15)16/h1-3,8H,4-6,14H2,(H,15,16). The van der Waals surface area contributed by atoms with Gasteiger partial charge in [-0.15, -0.1) is 0 Å². The van der Waals surface area contributed by atoms with Crippen molar-refractivity contribution in [2.45, 2.75) is 25.3 Å². The molecular weight excluding hydrogens is 216 g/mol. The van der Waals surface area contributed by atoms with Crippen LogP contribution < -0.4 is 5.73 Å². The van der Waals surface area contributed by atoms with Crippen molar-refractivity contribution in [1.29, 1.82) is 0 Å². The molecule has 0 bridgehead atoms. The first-order valence-electron chi connectivity index (χ1n) is 4.91. The molecule has 1 unspecified atom stereocenters. The van der Waals surface area contributed by atoms with Crippen LogP contribution in [0, 0.1) is 11.6 Å². The first-order chi connectivity index (χ1) is 7.50. The Hall–Kier alpha value is -1.49. The lowest BCUT2D eigenvalue weighted by atomic mass is 10.0. The van der Waals surface area contributed by atoms with Crippen LogP contribution >= 0.6 is 0 Å². The molecule has 0 aliphatic heterocycles. The zero-order valence-corrected chi connectivity index (χ0v) is 8.62. The fourth-order valence-electron chi connectivity index (χ4n) is 1.40. The number of nitrogens with two attached hydrogens (primary N) is 1. The van der Waals surface area contributed by atoms with Gasteiger partial charge in [0.1, 0.15) is 0 Å². The second-order valence-electron chi connectivity index (χ2n) is 3.61. The lowest BCUT2D eigenvalue weighted by molar-refractivity contribution is -0.137. The largest absolute Gasteiger partial charge is 0.481 e. The van der Waals surface area contributed by atoms with Crippen molar-refractivity contribution in [3.63, 3.8) is 0 Å². The smallest absolute Gasteiger partial charge is 0.303 e. The molecule has 0 heterocycles. The van der Waals surface area contributed by atoms with Crippen LogP contribution in [-0.4, -0.2) is 17.1 Å². The third-order valence-corrected chi connectivity index (χ3v) is 2.24. The minimum absolute atomic E-state index is 0.0713. The predicted octanol–water partition coefficient (Wildman–Crippen LogP) is 1.70. The topological polar surface area (TPSA) is 63.3 Å². The third-order valence-electron chi connectivity index (χ3n) is 2.24. The average Bonchev–Trinajstić information content (AvgIpc) is 2.22. The van der Waals surface area contributed by atoms with E-state index in [-0.39, 0.29) is 24.8 Å². The molecule has 0 fully saturated rings. The normalized spacial score (nSPS) is 12.4. The summed E-state index contributed by atoms with van der Waals surface area (Å²) >= 11 is 0. The molecule has 1 aromatic carbocycles. The Kier molecular flexibility index (Phi) is 4.37. The van der Waals surface area contributed by atoms with Gasteiger partial charge in [0.2, 0.25) is 0 Å². The molecule has 16 heavy (non-hydrogen) atoms. The van der Waals surface area contributed by atoms with Gasteiger partial charge in [-0.05, 0) is 24.5 Å². The molecule has 0 saturated heterocycles. The fraction of sp³-hybridized carbons (Fsp3) is 0.364. The summed E-state index contributed by atoms with van der Waals surface area (Å²) < 4.78 is 26.0. The molecule has 0 aliphatic rings. The molecule has 0 aromatic heterocycles. The van der Waals surface area contributed by atoms with E-state index in [9.17, 15) is 13.6 Å². The molecule has 5 heteroatoms. The van der Waals surface area contributed by atoms with Crippen LogP contribution in [0.3, 0.4) is 0 Å². The average molecular weight is 229 g/mol. The maximum Gasteiger partial charge on any atom is 0.303 e. The van der Waals surface area contributed by atoms with Crippen LogP contribution in [0.25, 0.3) is 0 Å². The highest BCUT2D eigenvalue weighted by Crippen LogP contribution is 2.14. The van der Waals surface area contributed by atoms with Crippen LogP contribution in [0.5, 0.6) is 0 Å². The highest BCUT2D eigenvalue weighted by Gasteiger charge is 2.12. The molecule has 1 aromatic rings. The molecule has 0 aliphatic carbocycles. The van der Waals surface area contributed by atoms with Gasteiger partial charge < -0.3 is 10.8 Å². The molecule has 0 amide bonds. The van der Waals surface area contributed by atoms with E-state index in [0.29, 0.717) is 0 Å². The highest BCUT2D eigenvalue weighted by molar-refractivity contribution is 5.66. The summed E-state index contributed by atoms with van der Waals surface area (Å²) in [5.41, 5.74) is 5.80. The summed E-state index contributed by atoms with van der Waals surface area (Å²) in [4.78, 5) is 10.3. The van der Waals surface area contributed by atoms with E-state index in [1.165, 1.54) is 12.1 Å². The SMILES string of the molecule is NC(CCC(=O)O)Cc1cccc(F)c1F. The summed E-state index contributed by atoms with van der Waals surface area (Å²) in [7, 11) is 0. The monoisotopic (exact) mass is 229 g/mol. The van der Waals surface area contributed by atoms with Gasteiger partial charge in [-0.1, -0.05) is 12.1 Å². The number of carboxylic acids is 1. The van der Waals surface area contributed by atoms with E-state index in [1.54, 1.807) is 0 Å². The van der Waals surface area contributed by atoms with Crippen molar-refractivity contribution >= 4 is 5.97 Å². The van der Waals surface area contributed by atoms with Crippen molar-refractivity contribution in [2.24, 2.45) is 5.73 Å². The number of aliphatic carboxylic acids is 1. The van der Waals surface area contributed by atoms with E-state index in [2.05, 4.69) is 0 Å². The maximum atomic E-state index is 13.2. The maximum absolute atomic E-state index is 13.2. The Morgan fingerprint density at radius 1 is 1.44 bits per heavy atom. The number of hydrogen-bond donors (Lipinski definition) is 2. The second-order valence-corrected chi connectivity index (χ2v) is 3.61.